The van der Waals surface area contributed by atoms with Crippen molar-refractivity contribution in [1.29, 1.82) is 0 Å². The van der Waals surface area contributed by atoms with Gasteiger partial charge >= 0.3 is 0 Å². The van der Waals surface area contributed by atoms with E-state index in [1.165, 1.54) is 0 Å². The van der Waals surface area contributed by atoms with Crippen molar-refractivity contribution in [2.45, 2.75) is 32.7 Å². The quantitative estimate of drug-likeness (QED) is 0.759. The maximum absolute atomic E-state index is 12.8. The normalized spacial score (nSPS) is 18.8. The van der Waals surface area contributed by atoms with Crippen LogP contribution in [0.4, 0.5) is 0 Å². The molecular weight excluding hydrogens is 364 g/mol. The summed E-state index contributed by atoms with van der Waals surface area (Å²) < 4.78 is 7.63. The molecule has 1 amide bonds. The first-order chi connectivity index (χ1) is 12.6. The molecule has 1 aliphatic heterocycles. The topological polar surface area (TPSA) is 68.2 Å². The number of nitrogens with one attached hydrogen (secondary N) is 2. The Balaban J connectivity index is 0.00000261. The smallest absolute Gasteiger partial charge is 0.225 e. The summed E-state index contributed by atoms with van der Waals surface area (Å²) in [6.07, 6.45) is 4.81. The molecule has 6 nitrogen and oxygen atoms in total. The van der Waals surface area contributed by atoms with Gasteiger partial charge in [-0.3, -0.25) is 9.48 Å². The van der Waals surface area contributed by atoms with Gasteiger partial charge in [0.05, 0.1) is 18.7 Å². The van der Waals surface area contributed by atoms with Gasteiger partial charge < -0.3 is 15.4 Å². The van der Waals surface area contributed by atoms with E-state index in [9.17, 15) is 4.79 Å². The molecule has 2 N–H and O–H groups in total. The monoisotopic (exact) mass is 392 g/mol. The van der Waals surface area contributed by atoms with Crippen LogP contribution in [0.5, 0.6) is 5.75 Å². The van der Waals surface area contributed by atoms with Crippen molar-refractivity contribution in [3.05, 3.63) is 47.3 Å². The highest BCUT2D eigenvalue weighted by Crippen LogP contribution is 2.28. The van der Waals surface area contributed by atoms with Gasteiger partial charge in [0.15, 0.2) is 0 Å². The molecule has 1 aromatic carbocycles. The molecule has 1 saturated heterocycles. The van der Waals surface area contributed by atoms with Crippen LogP contribution in [-0.2, 0) is 18.4 Å². The van der Waals surface area contributed by atoms with Gasteiger partial charge in [0, 0.05) is 44.4 Å². The average molecular weight is 393 g/mol. The summed E-state index contributed by atoms with van der Waals surface area (Å²) in [6.45, 7) is 6.79. The standard InChI is InChI=1S/C20H28N4O2.ClH/c1-4-7-26-19-8-14(2)5-6-15(19)9-22-20(25)18-12-21-11-17(18)16-10-23-24(3)13-16;/h5-6,8,10,13,17-18,21H,4,7,9,11-12H2,1-3H3,(H,22,25);1H/t17-,18+;/m1./s1. The second-order valence-electron chi connectivity index (χ2n) is 7.00. The van der Waals surface area contributed by atoms with Crippen LogP contribution in [0.1, 0.15) is 36.0 Å². The lowest BCUT2D eigenvalue weighted by Gasteiger charge is -2.18. The van der Waals surface area contributed by atoms with E-state index in [1.54, 1.807) is 4.68 Å². The number of benzene rings is 1. The maximum Gasteiger partial charge on any atom is 0.225 e. The number of aromatic nitrogens is 2. The van der Waals surface area contributed by atoms with Crippen molar-refractivity contribution < 1.29 is 9.53 Å². The van der Waals surface area contributed by atoms with E-state index in [0.717, 1.165) is 35.4 Å². The molecule has 0 saturated carbocycles. The predicted molar refractivity (Wildman–Crippen MR) is 108 cm³/mol. The van der Waals surface area contributed by atoms with Crippen molar-refractivity contribution in [3.8, 4) is 5.75 Å². The van der Waals surface area contributed by atoms with Crippen molar-refractivity contribution in [3.63, 3.8) is 0 Å². The summed E-state index contributed by atoms with van der Waals surface area (Å²) in [7, 11) is 1.90. The minimum atomic E-state index is -0.0790. The number of carbonyl (C=O) groups is 1. The highest BCUT2D eigenvalue weighted by atomic mass is 35.5. The molecule has 1 aromatic heterocycles. The zero-order valence-corrected chi connectivity index (χ0v) is 17.0. The number of aryl methyl sites for hydroxylation is 2. The van der Waals surface area contributed by atoms with Gasteiger partial charge in [-0.15, -0.1) is 12.4 Å². The fraction of sp³-hybridized carbons (Fsp3) is 0.500. The van der Waals surface area contributed by atoms with E-state index < -0.39 is 0 Å². The molecule has 7 heteroatoms. The average Bonchev–Trinajstić information content (AvgIpc) is 3.27. The number of hydrogen-bond donors (Lipinski definition) is 2. The third-order valence-corrected chi connectivity index (χ3v) is 4.84. The van der Waals surface area contributed by atoms with E-state index in [4.69, 9.17) is 4.74 Å². The number of hydrogen-bond acceptors (Lipinski definition) is 4. The second-order valence-corrected chi connectivity index (χ2v) is 7.00. The Morgan fingerprint density at radius 1 is 1.41 bits per heavy atom. The SMILES string of the molecule is CCCOc1cc(C)ccc1CNC(=O)[C@H]1CNC[C@@H]1c1cnn(C)c1.Cl. The molecule has 0 radical (unpaired) electrons. The highest BCUT2D eigenvalue weighted by molar-refractivity contribution is 5.85. The lowest BCUT2D eigenvalue weighted by atomic mass is 9.90. The van der Waals surface area contributed by atoms with Crippen molar-refractivity contribution in [2.75, 3.05) is 19.7 Å². The van der Waals surface area contributed by atoms with Gasteiger partial charge in [-0.1, -0.05) is 19.1 Å². The Kier molecular flexibility index (Phi) is 7.68. The first kappa shape index (κ1) is 21.3. The Bertz CT molecular complexity index is 762. The molecule has 27 heavy (non-hydrogen) atoms. The molecule has 1 aliphatic rings. The van der Waals surface area contributed by atoms with Crippen LogP contribution in [0.3, 0.4) is 0 Å². The van der Waals surface area contributed by atoms with E-state index in [0.29, 0.717) is 19.7 Å². The first-order valence-electron chi connectivity index (χ1n) is 9.27. The number of carbonyl (C=O) groups excluding carboxylic acids is 1. The van der Waals surface area contributed by atoms with Crippen LogP contribution in [-0.4, -0.2) is 35.4 Å². The molecule has 2 heterocycles. The molecule has 0 aliphatic carbocycles. The summed E-state index contributed by atoms with van der Waals surface area (Å²) >= 11 is 0. The van der Waals surface area contributed by atoms with Crippen LogP contribution < -0.4 is 15.4 Å². The van der Waals surface area contributed by atoms with E-state index in [1.807, 2.05) is 38.5 Å². The van der Waals surface area contributed by atoms with Crippen molar-refractivity contribution in [2.24, 2.45) is 13.0 Å². The van der Waals surface area contributed by atoms with Crippen LogP contribution >= 0.6 is 12.4 Å². The van der Waals surface area contributed by atoms with Gasteiger partial charge in [-0.2, -0.15) is 5.10 Å². The molecule has 0 bridgehead atoms. The summed E-state index contributed by atoms with van der Waals surface area (Å²) in [4.78, 5) is 12.8. The Hall–Kier alpha value is -2.05. The van der Waals surface area contributed by atoms with Crippen LogP contribution in [0.15, 0.2) is 30.6 Å². The predicted octanol–water partition coefficient (Wildman–Crippen LogP) is 2.56. The summed E-state index contributed by atoms with van der Waals surface area (Å²) in [5.41, 5.74) is 3.28. The second kappa shape index (κ2) is 9.76. The molecule has 2 atom stereocenters. The lowest BCUT2D eigenvalue weighted by molar-refractivity contribution is -0.125. The number of amides is 1. The number of nitrogens with zero attached hydrogens (tertiary/aromatic N) is 2. The number of ether oxygens (including phenoxy) is 1. The van der Waals surface area contributed by atoms with Gasteiger partial charge in [0.2, 0.25) is 5.91 Å². The molecule has 3 rings (SSSR count). The summed E-state index contributed by atoms with van der Waals surface area (Å²) in [5.74, 6) is 1.02. The van der Waals surface area contributed by atoms with Crippen molar-refractivity contribution >= 4 is 18.3 Å². The Morgan fingerprint density at radius 3 is 2.93 bits per heavy atom. The molecule has 1 fully saturated rings. The van der Waals surface area contributed by atoms with Gasteiger partial charge in [0.1, 0.15) is 5.75 Å². The zero-order chi connectivity index (χ0) is 18.5. The fourth-order valence-corrected chi connectivity index (χ4v) is 3.40. The molecule has 0 unspecified atom stereocenters. The minimum Gasteiger partial charge on any atom is -0.493 e. The molecule has 2 aromatic rings. The van der Waals surface area contributed by atoms with Gasteiger partial charge in [-0.05, 0) is 30.5 Å². The maximum atomic E-state index is 12.8. The number of rotatable bonds is 7. The third-order valence-electron chi connectivity index (χ3n) is 4.84. The van der Waals surface area contributed by atoms with Gasteiger partial charge in [-0.25, -0.2) is 0 Å². The molecular formula is C20H29ClN4O2. The van der Waals surface area contributed by atoms with E-state index >= 15 is 0 Å². The van der Waals surface area contributed by atoms with Crippen LogP contribution in [0.2, 0.25) is 0 Å². The summed E-state index contributed by atoms with van der Waals surface area (Å²) in [5, 5.41) is 10.7. The van der Waals surface area contributed by atoms with Crippen LogP contribution in [0.25, 0.3) is 0 Å². The van der Waals surface area contributed by atoms with Crippen LogP contribution in [0, 0.1) is 12.8 Å². The largest absolute Gasteiger partial charge is 0.493 e. The van der Waals surface area contributed by atoms with Gasteiger partial charge in [0.25, 0.3) is 0 Å². The molecule has 0 spiro atoms. The Labute approximate surface area is 167 Å². The summed E-state index contributed by atoms with van der Waals surface area (Å²) in [6, 6.07) is 6.12. The molecule has 148 valence electrons. The Morgan fingerprint density at radius 2 is 2.22 bits per heavy atom. The first-order valence-corrected chi connectivity index (χ1v) is 9.27. The third kappa shape index (κ3) is 5.23. The lowest BCUT2D eigenvalue weighted by Crippen LogP contribution is -2.34. The van der Waals surface area contributed by atoms with E-state index in [-0.39, 0.29) is 30.2 Å². The fourth-order valence-electron chi connectivity index (χ4n) is 3.40. The minimum absolute atomic E-state index is 0. The zero-order valence-electron chi connectivity index (χ0n) is 16.2. The highest BCUT2D eigenvalue weighted by Gasteiger charge is 2.34. The number of halogens is 1. The van der Waals surface area contributed by atoms with Crippen molar-refractivity contribution in [1.82, 2.24) is 20.4 Å². The van der Waals surface area contributed by atoms with E-state index in [2.05, 4.69) is 28.7 Å².